The molecule has 0 radical (unpaired) electrons. The van der Waals surface area contributed by atoms with Crippen LogP contribution in [0.2, 0.25) is 0 Å². The maximum absolute atomic E-state index is 7.54. The lowest BCUT2D eigenvalue weighted by molar-refractivity contribution is 0.452. The maximum Gasteiger partial charge on any atom is 0.135 e. The van der Waals surface area contributed by atoms with Gasteiger partial charge in [0.2, 0.25) is 0 Å². The molecule has 2 atom stereocenters. The standard InChI is InChI=1S/C92H62N4OS/c1-8-28-61(29-9-1)63-50-52-70(53-51-63)94(71-43-26-36-66(54-71)62-30-10-2-11-31-62)72-55-82-90-85(57-72)97-84-49-25-23-45-77(84)89(90)78-59-79-86(60-81(78)96(82)92-74(64-32-12-3-13-33-64)46-27-47-75(92)65-34-14-4-15-35-65)98-87-58-73(93(67-37-16-5-17-38-67)68-39-18-6-19-40-68)56-83-91(87)88(79)76-44-22-24-48-80(76)95(83)69-41-20-7-21-42-69/h1-60,88-89H. The highest BCUT2D eigenvalue weighted by Gasteiger charge is 2.45. The van der Waals surface area contributed by atoms with Crippen LogP contribution in [0, 0.1) is 0 Å². The van der Waals surface area contributed by atoms with Crippen molar-refractivity contribution in [3.05, 3.63) is 397 Å². The van der Waals surface area contributed by atoms with Crippen molar-refractivity contribution in [3.63, 3.8) is 0 Å². The number of nitrogens with zero attached hydrogens (tertiary/aromatic N) is 4. The Kier molecular flexibility index (Phi) is 13.9. The van der Waals surface area contributed by atoms with Crippen LogP contribution in [0.25, 0.3) is 44.5 Å². The molecule has 0 spiro atoms. The SMILES string of the molecule is c1ccc(-c2ccc(N(c3cccc(-c4ccccc4)c3)c3cc4c5c(c3)N(c3c(-c6ccccc6)cccc3-c3ccccc3)c3cc6c(cc3C5c3ccccc3O4)C3c4ccccc4N(c4ccccc4)c4cc(N(c5ccccc5)c5ccccc5)cc(c43)S6)cc2)cc1. The predicted octanol–water partition coefficient (Wildman–Crippen LogP) is 25.8. The summed E-state index contributed by atoms with van der Waals surface area (Å²) in [6.45, 7) is 0. The van der Waals surface area contributed by atoms with Crippen LogP contribution in [0.1, 0.15) is 45.2 Å². The van der Waals surface area contributed by atoms with Gasteiger partial charge in [-0.25, -0.2) is 0 Å². The molecule has 0 saturated carbocycles. The molecular weight excluding hydrogens is 1210 g/mol. The average Bonchev–Trinajstić information content (AvgIpc) is 0.692. The molecule has 6 heteroatoms. The maximum atomic E-state index is 7.54. The van der Waals surface area contributed by atoms with E-state index in [2.05, 4.69) is 384 Å². The molecule has 0 bridgehead atoms. The van der Waals surface area contributed by atoms with E-state index >= 15 is 0 Å². The molecule has 4 aliphatic heterocycles. The van der Waals surface area contributed by atoms with Gasteiger partial charge in [-0.15, -0.1) is 0 Å². The van der Waals surface area contributed by atoms with Crippen LogP contribution in [-0.4, -0.2) is 0 Å². The smallest absolute Gasteiger partial charge is 0.135 e. The van der Waals surface area contributed by atoms with Crippen LogP contribution in [0.3, 0.4) is 0 Å². The van der Waals surface area contributed by atoms with Crippen LogP contribution in [-0.2, 0) is 0 Å². The number of para-hydroxylation sites is 6. The van der Waals surface area contributed by atoms with Crippen LogP contribution >= 0.6 is 11.8 Å². The first-order valence-corrected chi connectivity index (χ1v) is 34.4. The number of benzene rings is 15. The van der Waals surface area contributed by atoms with Crippen LogP contribution in [0.4, 0.5) is 68.2 Å². The lowest BCUT2D eigenvalue weighted by atomic mass is 9.74. The highest BCUT2D eigenvalue weighted by atomic mass is 32.2. The first-order chi connectivity index (χ1) is 48.6. The topological polar surface area (TPSA) is 22.2 Å². The molecule has 5 nitrogen and oxygen atoms in total. The molecule has 15 aromatic carbocycles. The largest absolute Gasteiger partial charge is 0.457 e. The summed E-state index contributed by atoms with van der Waals surface area (Å²) in [5, 5.41) is 0. The second-order valence-corrected chi connectivity index (χ2v) is 26.6. The first-order valence-electron chi connectivity index (χ1n) is 33.6. The van der Waals surface area contributed by atoms with Gasteiger partial charge in [-0.05, 0) is 147 Å². The number of rotatable bonds is 12. The molecule has 4 heterocycles. The highest BCUT2D eigenvalue weighted by Crippen LogP contribution is 2.66. The van der Waals surface area contributed by atoms with Gasteiger partial charge in [0.05, 0.1) is 34.1 Å². The van der Waals surface area contributed by atoms with E-state index in [0.717, 1.165) is 130 Å². The Hall–Kier alpha value is -12.4. The summed E-state index contributed by atoms with van der Waals surface area (Å²) in [5.74, 6) is 1.32. The minimum atomic E-state index is -0.224. The fourth-order valence-electron chi connectivity index (χ4n) is 15.6. The molecule has 0 aromatic heterocycles. The highest BCUT2D eigenvalue weighted by molar-refractivity contribution is 7.99. The number of anilines is 12. The molecule has 4 aliphatic rings. The van der Waals surface area contributed by atoms with E-state index in [1.54, 1.807) is 0 Å². The molecule has 0 saturated heterocycles. The van der Waals surface area contributed by atoms with E-state index in [-0.39, 0.29) is 11.8 Å². The third-order valence-corrected chi connectivity index (χ3v) is 21.0. The molecule has 462 valence electrons. The van der Waals surface area contributed by atoms with Gasteiger partial charge in [0.1, 0.15) is 11.5 Å². The van der Waals surface area contributed by atoms with Crippen molar-refractivity contribution in [2.24, 2.45) is 0 Å². The van der Waals surface area contributed by atoms with Crippen molar-refractivity contribution in [2.75, 3.05) is 19.6 Å². The third kappa shape index (κ3) is 9.63. The Bertz CT molecular complexity index is 5430. The van der Waals surface area contributed by atoms with Gasteiger partial charge >= 0.3 is 0 Å². The minimum absolute atomic E-state index is 0.120. The van der Waals surface area contributed by atoms with Crippen molar-refractivity contribution in [1.82, 2.24) is 0 Å². The summed E-state index contributed by atoms with van der Waals surface area (Å²) in [7, 11) is 0. The Morgan fingerprint density at radius 2 is 0.724 bits per heavy atom. The first kappa shape index (κ1) is 57.1. The monoisotopic (exact) mass is 1270 g/mol. The van der Waals surface area contributed by atoms with Crippen molar-refractivity contribution in [3.8, 4) is 56.0 Å². The zero-order valence-corrected chi connectivity index (χ0v) is 54.2. The van der Waals surface area contributed by atoms with Gasteiger partial charge in [0.25, 0.3) is 0 Å². The van der Waals surface area contributed by atoms with Crippen molar-refractivity contribution >= 4 is 80.0 Å². The molecule has 0 N–H and O–H groups in total. The fraction of sp³-hybridized carbons (Fsp3) is 0.0217. The summed E-state index contributed by atoms with van der Waals surface area (Å²) in [6, 6.07) is 134. The molecule has 15 aromatic rings. The van der Waals surface area contributed by atoms with Gasteiger partial charge < -0.3 is 24.3 Å². The van der Waals surface area contributed by atoms with E-state index in [4.69, 9.17) is 4.74 Å². The molecule has 0 fully saturated rings. The van der Waals surface area contributed by atoms with Crippen molar-refractivity contribution in [2.45, 2.75) is 21.6 Å². The second-order valence-electron chi connectivity index (χ2n) is 25.5. The Morgan fingerprint density at radius 1 is 0.255 bits per heavy atom. The normalized spacial score (nSPS) is 14.1. The van der Waals surface area contributed by atoms with Gasteiger partial charge in [-0.3, -0.25) is 0 Å². The molecule has 0 aliphatic carbocycles. The summed E-state index contributed by atoms with van der Waals surface area (Å²) in [6.07, 6.45) is 0. The summed E-state index contributed by atoms with van der Waals surface area (Å²) < 4.78 is 7.54. The van der Waals surface area contributed by atoms with E-state index in [9.17, 15) is 0 Å². The molecule has 0 amide bonds. The predicted molar refractivity (Wildman–Crippen MR) is 406 cm³/mol. The third-order valence-electron chi connectivity index (χ3n) is 19.9. The Labute approximate surface area is 575 Å². The molecule has 98 heavy (non-hydrogen) atoms. The molecule has 19 rings (SSSR count). The quantitative estimate of drug-likeness (QED) is 0.121. The summed E-state index contributed by atoms with van der Waals surface area (Å²) in [5.41, 5.74) is 29.3. The van der Waals surface area contributed by atoms with Crippen molar-refractivity contribution < 1.29 is 4.74 Å². The lowest BCUT2D eigenvalue weighted by Gasteiger charge is -2.45. The molecular formula is C92H62N4OS. The van der Waals surface area contributed by atoms with Crippen LogP contribution in [0.15, 0.2) is 374 Å². The van der Waals surface area contributed by atoms with Gasteiger partial charge in [-0.1, -0.05) is 273 Å². The summed E-state index contributed by atoms with van der Waals surface area (Å²) >= 11 is 1.90. The number of hydrogen-bond acceptors (Lipinski definition) is 6. The zero-order chi connectivity index (χ0) is 64.6. The van der Waals surface area contributed by atoms with Crippen LogP contribution in [0.5, 0.6) is 11.5 Å². The Morgan fingerprint density at radius 3 is 1.37 bits per heavy atom. The number of ether oxygens (including phenoxy) is 1. The van der Waals surface area contributed by atoms with Gasteiger partial charge in [-0.2, -0.15) is 0 Å². The summed E-state index contributed by atoms with van der Waals surface area (Å²) in [4.78, 5) is 12.4. The number of fused-ring (bicyclic) bond motifs is 8. The van der Waals surface area contributed by atoms with Crippen LogP contribution < -0.4 is 24.3 Å². The second kappa shape index (κ2) is 23.8. The van der Waals surface area contributed by atoms with E-state index in [1.807, 2.05) is 11.8 Å². The number of hydrogen-bond donors (Lipinski definition) is 0. The van der Waals surface area contributed by atoms with Gasteiger partial charge in [0, 0.05) is 89.6 Å². The van der Waals surface area contributed by atoms with Gasteiger partial charge in [0.15, 0.2) is 0 Å². The van der Waals surface area contributed by atoms with E-state index < -0.39 is 0 Å². The van der Waals surface area contributed by atoms with E-state index in [0.29, 0.717) is 0 Å². The fourth-order valence-corrected chi connectivity index (χ4v) is 16.8. The Balaban J connectivity index is 0.901. The van der Waals surface area contributed by atoms with Crippen molar-refractivity contribution in [1.29, 1.82) is 0 Å². The van der Waals surface area contributed by atoms with E-state index in [1.165, 1.54) is 37.6 Å². The minimum Gasteiger partial charge on any atom is -0.457 e. The molecule has 2 unspecified atom stereocenters. The average molecular weight is 1270 g/mol. The zero-order valence-electron chi connectivity index (χ0n) is 53.4. The lowest BCUT2D eigenvalue weighted by Crippen LogP contribution is -2.28.